The molecular formula is C22H26N4OS2. The maximum atomic E-state index is 12.7. The largest absolute Gasteiger partial charge is 0.325 e. The van der Waals surface area contributed by atoms with Gasteiger partial charge in [0.2, 0.25) is 5.91 Å². The second-order valence-corrected chi connectivity index (χ2v) is 9.18. The van der Waals surface area contributed by atoms with Crippen molar-refractivity contribution in [3.63, 3.8) is 0 Å². The molecule has 1 N–H and O–H groups in total. The fourth-order valence-electron chi connectivity index (χ4n) is 3.57. The molecule has 5 nitrogen and oxygen atoms in total. The summed E-state index contributed by atoms with van der Waals surface area (Å²) in [5.41, 5.74) is 4.18. The van der Waals surface area contributed by atoms with Crippen LogP contribution in [0, 0.1) is 0 Å². The molecule has 0 aliphatic carbocycles. The van der Waals surface area contributed by atoms with E-state index in [0.717, 1.165) is 48.1 Å². The molecular weight excluding hydrogens is 400 g/mol. The van der Waals surface area contributed by atoms with E-state index in [2.05, 4.69) is 33.8 Å². The number of para-hydroxylation sites is 3. The number of carbonyl (C=O) groups excluding carboxylic acids is 1. The minimum absolute atomic E-state index is 0.00589. The third-order valence-electron chi connectivity index (χ3n) is 5.06. The minimum atomic E-state index is 0.00589. The van der Waals surface area contributed by atoms with Crippen molar-refractivity contribution in [2.45, 2.75) is 25.2 Å². The number of thioether (sulfide) groups is 2. The minimum Gasteiger partial charge on any atom is -0.325 e. The van der Waals surface area contributed by atoms with Gasteiger partial charge in [0.1, 0.15) is 0 Å². The number of rotatable bonds is 7. The van der Waals surface area contributed by atoms with Crippen LogP contribution in [0.3, 0.4) is 0 Å². The fourth-order valence-corrected chi connectivity index (χ4v) is 5.42. The lowest BCUT2D eigenvalue weighted by atomic mass is 10.1. The molecule has 0 spiro atoms. The van der Waals surface area contributed by atoms with Crippen LogP contribution < -0.4 is 5.32 Å². The van der Waals surface area contributed by atoms with Crippen LogP contribution in [0.25, 0.3) is 11.0 Å². The Bertz CT molecular complexity index is 982. The molecule has 1 amide bonds. The van der Waals surface area contributed by atoms with Crippen molar-refractivity contribution in [3.05, 3.63) is 54.1 Å². The monoisotopic (exact) mass is 426 g/mol. The summed E-state index contributed by atoms with van der Waals surface area (Å²) in [6.45, 7) is 6.04. The molecule has 1 aliphatic rings. The number of aryl methyl sites for hydroxylation is 1. The summed E-state index contributed by atoms with van der Waals surface area (Å²) in [4.78, 5) is 19.8. The van der Waals surface area contributed by atoms with Gasteiger partial charge in [0, 0.05) is 43.4 Å². The van der Waals surface area contributed by atoms with Crippen molar-refractivity contribution < 1.29 is 4.79 Å². The second-order valence-electron chi connectivity index (χ2n) is 7.01. The summed E-state index contributed by atoms with van der Waals surface area (Å²) in [5.74, 6) is 2.72. The molecule has 0 unspecified atom stereocenters. The Morgan fingerprint density at radius 2 is 1.90 bits per heavy atom. The number of amides is 1. The number of fused-ring (bicyclic) bond motifs is 1. The summed E-state index contributed by atoms with van der Waals surface area (Å²) < 4.78 is 2.16. The SMILES string of the molecule is CCn1c(SCC(=O)Nc2ccccc2CN2CCSCC2)nc2ccccc21. The lowest BCUT2D eigenvalue weighted by molar-refractivity contribution is -0.113. The van der Waals surface area contributed by atoms with E-state index in [0.29, 0.717) is 5.75 Å². The first-order valence-corrected chi connectivity index (χ1v) is 12.1. The van der Waals surface area contributed by atoms with Crippen LogP contribution in [0.2, 0.25) is 0 Å². The van der Waals surface area contributed by atoms with E-state index in [4.69, 9.17) is 4.98 Å². The number of carbonyl (C=O) groups is 1. The smallest absolute Gasteiger partial charge is 0.234 e. The van der Waals surface area contributed by atoms with Gasteiger partial charge in [0.25, 0.3) is 0 Å². The maximum absolute atomic E-state index is 12.7. The van der Waals surface area contributed by atoms with E-state index >= 15 is 0 Å². The van der Waals surface area contributed by atoms with Gasteiger partial charge in [0.15, 0.2) is 5.16 Å². The number of aromatic nitrogens is 2. The Labute approximate surface area is 180 Å². The lowest BCUT2D eigenvalue weighted by Gasteiger charge is -2.27. The number of anilines is 1. The first kappa shape index (κ1) is 20.3. The van der Waals surface area contributed by atoms with Crippen molar-refractivity contribution >= 4 is 46.2 Å². The van der Waals surface area contributed by atoms with Crippen molar-refractivity contribution in [2.24, 2.45) is 0 Å². The van der Waals surface area contributed by atoms with E-state index in [1.165, 1.54) is 28.8 Å². The normalized spacial score (nSPS) is 14.9. The summed E-state index contributed by atoms with van der Waals surface area (Å²) >= 11 is 3.50. The van der Waals surface area contributed by atoms with Gasteiger partial charge in [0.05, 0.1) is 16.8 Å². The third kappa shape index (κ3) is 4.97. The first-order valence-electron chi connectivity index (χ1n) is 10.0. The molecule has 0 saturated carbocycles. The summed E-state index contributed by atoms with van der Waals surface area (Å²) in [6.07, 6.45) is 0. The average molecular weight is 427 g/mol. The first-order chi connectivity index (χ1) is 14.2. The van der Waals surface area contributed by atoms with Crippen molar-refractivity contribution in [3.8, 4) is 0 Å². The van der Waals surface area contributed by atoms with E-state index in [9.17, 15) is 4.79 Å². The van der Waals surface area contributed by atoms with E-state index in [-0.39, 0.29) is 5.91 Å². The molecule has 2 aromatic carbocycles. The molecule has 1 fully saturated rings. The van der Waals surface area contributed by atoms with Crippen LogP contribution in [-0.4, -0.2) is 50.7 Å². The molecule has 3 aromatic rings. The van der Waals surface area contributed by atoms with Crippen molar-refractivity contribution in [1.82, 2.24) is 14.5 Å². The highest BCUT2D eigenvalue weighted by Gasteiger charge is 2.15. The number of imidazole rings is 1. The van der Waals surface area contributed by atoms with Gasteiger partial charge in [-0.25, -0.2) is 4.98 Å². The Hall–Kier alpha value is -1.96. The number of benzene rings is 2. The zero-order chi connectivity index (χ0) is 20.1. The number of hydrogen-bond donors (Lipinski definition) is 1. The molecule has 0 radical (unpaired) electrons. The molecule has 152 valence electrons. The average Bonchev–Trinajstić information content (AvgIpc) is 3.12. The Kier molecular flexibility index (Phi) is 6.79. The maximum Gasteiger partial charge on any atom is 0.234 e. The highest BCUT2D eigenvalue weighted by atomic mass is 32.2. The number of hydrogen-bond acceptors (Lipinski definition) is 5. The second kappa shape index (κ2) is 9.69. The van der Waals surface area contributed by atoms with Crippen LogP contribution in [0.5, 0.6) is 0 Å². The molecule has 4 rings (SSSR count). The summed E-state index contributed by atoms with van der Waals surface area (Å²) in [5, 5.41) is 4.00. The summed E-state index contributed by atoms with van der Waals surface area (Å²) in [7, 11) is 0. The predicted molar refractivity (Wildman–Crippen MR) is 124 cm³/mol. The van der Waals surface area contributed by atoms with Gasteiger partial charge >= 0.3 is 0 Å². The molecule has 1 aliphatic heterocycles. The topological polar surface area (TPSA) is 50.2 Å². The highest BCUT2D eigenvalue weighted by molar-refractivity contribution is 7.99. The van der Waals surface area contributed by atoms with Crippen LogP contribution >= 0.6 is 23.5 Å². The molecule has 1 saturated heterocycles. The van der Waals surface area contributed by atoms with Crippen molar-refractivity contribution in [1.29, 1.82) is 0 Å². The Balaban J connectivity index is 1.40. The molecule has 1 aromatic heterocycles. The van der Waals surface area contributed by atoms with Gasteiger partial charge in [-0.05, 0) is 30.7 Å². The molecule has 0 atom stereocenters. The van der Waals surface area contributed by atoms with Gasteiger partial charge in [-0.3, -0.25) is 9.69 Å². The van der Waals surface area contributed by atoms with Gasteiger partial charge < -0.3 is 9.88 Å². The number of nitrogens with zero attached hydrogens (tertiary/aromatic N) is 3. The molecule has 2 heterocycles. The van der Waals surface area contributed by atoms with E-state index in [1.807, 2.05) is 48.2 Å². The zero-order valence-electron chi connectivity index (χ0n) is 16.6. The highest BCUT2D eigenvalue weighted by Crippen LogP contribution is 2.25. The Morgan fingerprint density at radius 1 is 1.14 bits per heavy atom. The quantitative estimate of drug-likeness (QED) is 0.570. The van der Waals surface area contributed by atoms with Gasteiger partial charge in [-0.15, -0.1) is 0 Å². The standard InChI is InChI=1S/C22H26N4OS2/c1-2-26-20-10-6-5-9-19(20)24-22(26)29-16-21(27)23-18-8-4-3-7-17(18)15-25-11-13-28-14-12-25/h3-10H,2,11-16H2,1H3,(H,23,27). The van der Waals surface area contributed by atoms with E-state index < -0.39 is 0 Å². The predicted octanol–water partition coefficient (Wildman–Crippen LogP) is 4.34. The molecule has 29 heavy (non-hydrogen) atoms. The van der Waals surface area contributed by atoms with Crippen LogP contribution in [0.4, 0.5) is 5.69 Å². The summed E-state index contributed by atoms with van der Waals surface area (Å²) in [6, 6.07) is 16.2. The van der Waals surface area contributed by atoms with E-state index in [1.54, 1.807) is 0 Å². The van der Waals surface area contributed by atoms with Gasteiger partial charge in [-0.1, -0.05) is 42.1 Å². The lowest BCUT2D eigenvalue weighted by Crippen LogP contribution is -2.32. The van der Waals surface area contributed by atoms with Gasteiger partial charge in [-0.2, -0.15) is 11.8 Å². The van der Waals surface area contributed by atoms with Crippen LogP contribution in [-0.2, 0) is 17.9 Å². The zero-order valence-corrected chi connectivity index (χ0v) is 18.3. The van der Waals surface area contributed by atoms with Crippen LogP contribution in [0.1, 0.15) is 12.5 Å². The molecule has 7 heteroatoms. The Morgan fingerprint density at radius 3 is 2.72 bits per heavy atom. The fraction of sp³-hybridized carbons (Fsp3) is 0.364. The van der Waals surface area contributed by atoms with Crippen molar-refractivity contribution in [2.75, 3.05) is 35.7 Å². The van der Waals surface area contributed by atoms with Crippen LogP contribution in [0.15, 0.2) is 53.7 Å². The number of nitrogens with one attached hydrogen (secondary N) is 1. The molecule has 0 bridgehead atoms. The third-order valence-corrected chi connectivity index (χ3v) is 6.98.